The molecule has 7 rings (SSSR count). The maximum absolute atomic E-state index is 16.5. The van der Waals surface area contributed by atoms with Crippen molar-refractivity contribution in [1.29, 1.82) is 0 Å². The lowest BCUT2D eigenvalue weighted by atomic mass is 9.99. The van der Waals surface area contributed by atoms with E-state index in [1.807, 2.05) is 0 Å². The van der Waals surface area contributed by atoms with Crippen molar-refractivity contribution in [1.82, 2.24) is 25.2 Å². The molecule has 3 fully saturated rings. The van der Waals surface area contributed by atoms with Crippen molar-refractivity contribution in [2.75, 3.05) is 38.2 Å². The smallest absolute Gasteiger partial charge is 0.319 e. The van der Waals surface area contributed by atoms with Crippen LogP contribution in [0.4, 0.5) is 19.0 Å². The highest BCUT2D eigenvalue weighted by Gasteiger charge is 2.36. The highest BCUT2D eigenvalue weighted by molar-refractivity contribution is 6.00. The van der Waals surface area contributed by atoms with Gasteiger partial charge in [0.2, 0.25) is 0 Å². The van der Waals surface area contributed by atoms with Crippen LogP contribution in [0, 0.1) is 17.5 Å². The number of ether oxygens (including phenoxy) is 1. The predicted octanol–water partition coefficient (Wildman–Crippen LogP) is 4.77. The average molecular weight is 565 g/mol. The monoisotopic (exact) mass is 564 g/mol. The molecule has 3 aliphatic heterocycles. The summed E-state index contributed by atoms with van der Waals surface area (Å²) in [5, 5.41) is 14.4. The molecule has 214 valence electrons. The number of benzene rings is 2. The number of phenols is 1. The van der Waals surface area contributed by atoms with Gasteiger partial charge in [0.1, 0.15) is 29.4 Å². The quantitative estimate of drug-likeness (QED) is 0.359. The van der Waals surface area contributed by atoms with Gasteiger partial charge in [-0.3, -0.25) is 9.88 Å². The van der Waals surface area contributed by atoms with Gasteiger partial charge in [-0.15, -0.1) is 0 Å². The Hall–Kier alpha value is -3.70. The summed E-state index contributed by atoms with van der Waals surface area (Å²) in [4.78, 5) is 18.0. The molecule has 0 saturated carbocycles. The van der Waals surface area contributed by atoms with Gasteiger partial charge in [0.15, 0.2) is 17.5 Å². The van der Waals surface area contributed by atoms with Crippen LogP contribution in [0.2, 0.25) is 0 Å². The van der Waals surface area contributed by atoms with Crippen LogP contribution in [-0.4, -0.2) is 75.9 Å². The van der Waals surface area contributed by atoms with Crippen molar-refractivity contribution in [2.24, 2.45) is 0 Å². The van der Waals surface area contributed by atoms with Gasteiger partial charge >= 0.3 is 6.01 Å². The number of nitrogens with zero attached hydrogens (tertiary/aromatic N) is 5. The van der Waals surface area contributed by atoms with Crippen molar-refractivity contribution in [3.8, 4) is 23.0 Å². The van der Waals surface area contributed by atoms with E-state index in [-0.39, 0.29) is 44.8 Å². The molecule has 5 heterocycles. The Morgan fingerprint density at radius 2 is 1.88 bits per heavy atom. The van der Waals surface area contributed by atoms with Crippen molar-refractivity contribution in [3.63, 3.8) is 0 Å². The topological polar surface area (TPSA) is 86.6 Å². The van der Waals surface area contributed by atoms with Gasteiger partial charge in [-0.25, -0.2) is 13.2 Å². The number of halogens is 3. The van der Waals surface area contributed by atoms with Crippen LogP contribution in [0.3, 0.4) is 0 Å². The molecule has 2 unspecified atom stereocenters. The van der Waals surface area contributed by atoms with Crippen LogP contribution >= 0.6 is 0 Å². The molecule has 3 atom stereocenters. The van der Waals surface area contributed by atoms with E-state index in [1.165, 1.54) is 24.4 Å². The maximum Gasteiger partial charge on any atom is 0.319 e. The summed E-state index contributed by atoms with van der Waals surface area (Å²) in [7, 11) is 2.05. The third kappa shape index (κ3) is 4.42. The Kier molecular flexibility index (Phi) is 6.20. The summed E-state index contributed by atoms with van der Waals surface area (Å²) in [5.41, 5.74) is -0.545. The molecule has 0 amide bonds. The van der Waals surface area contributed by atoms with Crippen LogP contribution in [-0.2, 0) is 0 Å². The fourth-order valence-corrected chi connectivity index (χ4v) is 6.61. The zero-order valence-corrected chi connectivity index (χ0v) is 22.9. The van der Waals surface area contributed by atoms with Gasteiger partial charge in [0.05, 0.1) is 10.9 Å². The second-order valence-electron chi connectivity index (χ2n) is 11.8. The van der Waals surface area contributed by atoms with Crippen molar-refractivity contribution in [3.05, 3.63) is 47.9 Å². The number of likely N-dealkylation sites (tertiary alicyclic amines) is 1. The predicted molar refractivity (Wildman–Crippen MR) is 150 cm³/mol. The SMILES string of the molecule is CN1CCC[C@@]1(C)COc1nc(N2CC3CCC(C2)N3)c2cnc(-c3cc(O)cc4ccc(F)c(F)c34)c(F)c2n1. The van der Waals surface area contributed by atoms with Gasteiger partial charge in [-0.1, -0.05) is 6.07 Å². The van der Waals surface area contributed by atoms with E-state index in [0.29, 0.717) is 43.0 Å². The average Bonchev–Trinajstić information content (AvgIpc) is 3.48. The lowest BCUT2D eigenvalue weighted by molar-refractivity contribution is 0.108. The molecule has 2 aromatic carbocycles. The minimum absolute atomic E-state index is 0.0286. The minimum atomic E-state index is -1.14. The fourth-order valence-electron chi connectivity index (χ4n) is 6.61. The summed E-state index contributed by atoms with van der Waals surface area (Å²) < 4.78 is 51.9. The number of fused-ring (bicyclic) bond motifs is 4. The number of anilines is 1. The molecule has 0 aliphatic carbocycles. The molecule has 0 spiro atoms. The van der Waals surface area contributed by atoms with E-state index in [4.69, 9.17) is 9.72 Å². The Morgan fingerprint density at radius 1 is 1.10 bits per heavy atom. The van der Waals surface area contributed by atoms with Crippen LogP contribution in [0.1, 0.15) is 32.6 Å². The number of hydrogen-bond donors (Lipinski definition) is 2. The molecule has 3 saturated heterocycles. The summed E-state index contributed by atoms with van der Waals surface area (Å²) in [6, 6.07) is 5.45. The molecular weight excluding hydrogens is 533 g/mol. The van der Waals surface area contributed by atoms with E-state index in [2.05, 4.69) is 39.1 Å². The van der Waals surface area contributed by atoms with Crippen molar-refractivity contribution < 1.29 is 23.0 Å². The standard InChI is InChI=1S/C30H31F3N6O2/c1-30(8-3-9-38(30)2)15-41-29-36-27-21(28(37-29)39-13-17-5-6-18(14-39)35-17)12-34-26(25(27)33)20-11-19(40)10-16-4-7-22(31)24(32)23(16)20/h4,7,10-12,17-18,35,40H,3,5-6,8-9,13-15H2,1-2H3/t17?,18?,30-/m0/s1. The number of pyridine rings is 1. The van der Waals surface area contributed by atoms with Crippen molar-refractivity contribution >= 4 is 27.5 Å². The molecular formula is C30H31F3N6O2. The van der Waals surface area contributed by atoms with E-state index >= 15 is 8.78 Å². The summed E-state index contributed by atoms with van der Waals surface area (Å²) in [6.45, 7) is 4.83. The summed E-state index contributed by atoms with van der Waals surface area (Å²) in [6.07, 6.45) is 5.60. The first-order valence-electron chi connectivity index (χ1n) is 14.0. The molecule has 41 heavy (non-hydrogen) atoms. The summed E-state index contributed by atoms with van der Waals surface area (Å²) >= 11 is 0. The number of nitrogens with one attached hydrogen (secondary N) is 1. The number of aromatic nitrogens is 3. The second-order valence-corrected chi connectivity index (χ2v) is 11.8. The third-order valence-corrected chi connectivity index (χ3v) is 9.05. The molecule has 0 radical (unpaired) electrons. The number of aromatic hydroxyl groups is 1. The van der Waals surface area contributed by atoms with Gasteiger partial charge in [0, 0.05) is 42.3 Å². The Labute approximate surface area is 235 Å². The maximum atomic E-state index is 16.5. The first-order valence-corrected chi connectivity index (χ1v) is 14.0. The van der Waals surface area contributed by atoms with Crippen LogP contribution in [0.15, 0.2) is 30.5 Å². The van der Waals surface area contributed by atoms with Gasteiger partial charge < -0.3 is 20.1 Å². The second kappa shape index (κ2) is 9.70. The van der Waals surface area contributed by atoms with E-state index < -0.39 is 17.5 Å². The third-order valence-electron chi connectivity index (χ3n) is 9.05. The van der Waals surface area contributed by atoms with E-state index in [0.717, 1.165) is 38.3 Å². The largest absolute Gasteiger partial charge is 0.508 e. The fraction of sp³-hybridized carbons (Fsp3) is 0.433. The molecule has 8 nitrogen and oxygen atoms in total. The van der Waals surface area contributed by atoms with Gasteiger partial charge in [-0.2, -0.15) is 9.97 Å². The normalized spacial score (nSPS) is 24.6. The Bertz CT molecular complexity index is 1670. The van der Waals surface area contributed by atoms with Crippen LogP contribution in [0.5, 0.6) is 11.8 Å². The lowest BCUT2D eigenvalue weighted by Gasteiger charge is -2.34. The zero-order chi connectivity index (χ0) is 28.5. The molecule has 11 heteroatoms. The number of hydrogen-bond acceptors (Lipinski definition) is 8. The number of rotatable bonds is 5. The first-order chi connectivity index (χ1) is 19.7. The molecule has 4 aromatic rings. The highest BCUT2D eigenvalue weighted by atomic mass is 19.2. The summed E-state index contributed by atoms with van der Waals surface area (Å²) in [5.74, 6) is -2.74. The van der Waals surface area contributed by atoms with Gasteiger partial charge in [0.25, 0.3) is 0 Å². The Balaban J connectivity index is 1.38. The van der Waals surface area contributed by atoms with Crippen LogP contribution in [0.25, 0.3) is 32.9 Å². The Morgan fingerprint density at radius 3 is 2.61 bits per heavy atom. The van der Waals surface area contributed by atoms with E-state index in [9.17, 15) is 9.50 Å². The van der Waals surface area contributed by atoms with Crippen molar-refractivity contribution in [2.45, 2.75) is 50.2 Å². The minimum Gasteiger partial charge on any atom is -0.508 e. The number of phenolic OH excluding ortho intramolecular Hbond substituents is 1. The highest BCUT2D eigenvalue weighted by Crippen LogP contribution is 2.39. The number of piperazine rings is 1. The lowest BCUT2D eigenvalue weighted by Crippen LogP contribution is -2.51. The molecule has 2 bridgehead atoms. The molecule has 3 aliphatic rings. The van der Waals surface area contributed by atoms with Crippen LogP contribution < -0.4 is 15.0 Å². The first kappa shape index (κ1) is 26.2. The van der Waals surface area contributed by atoms with Gasteiger partial charge in [-0.05, 0) is 69.8 Å². The number of likely N-dealkylation sites (N-methyl/N-ethyl adjacent to an activating group) is 1. The molecule has 2 N–H and O–H groups in total. The molecule has 2 aromatic heterocycles. The van der Waals surface area contributed by atoms with E-state index in [1.54, 1.807) is 0 Å². The zero-order valence-electron chi connectivity index (χ0n) is 22.9.